The van der Waals surface area contributed by atoms with E-state index in [0.29, 0.717) is 10.3 Å². The number of benzene rings is 1. The maximum absolute atomic E-state index is 16.0. The number of nitrogens with zero attached hydrogens (tertiary/aromatic N) is 4. The molecule has 1 aliphatic rings. The molecule has 1 fully saturated rings. The first-order chi connectivity index (χ1) is 21.1. The molecule has 0 spiro atoms. The Hall–Kier alpha value is -3.82. The minimum atomic E-state index is -2.87. The standard InChI is InChI=1S/C28H37FN4O11P/c1-17(2)30-14-23(35)40-16-32-22(34)12-13-31(27(32)38)26-28(6,29)24(36)21(43-26)15-41-33(19(5)25(37)42-18(3)4)45(39)44-20-10-8-7-9-11-20/h7-13,18-19,21,24,26,36H,14-16H2,1-6H3/q+1/t19-,21+,24+,26+,28+/m0/s1. The first-order valence-corrected chi connectivity index (χ1v) is 15.1. The maximum Gasteiger partial charge on any atom is 0.693 e. The van der Waals surface area contributed by atoms with Crippen LogP contribution in [0.4, 0.5) is 4.39 Å². The zero-order valence-electron chi connectivity index (χ0n) is 25.7. The lowest BCUT2D eigenvalue weighted by molar-refractivity contribution is -0.183. The molecule has 2 heterocycles. The van der Waals surface area contributed by atoms with Crippen LogP contribution in [0.25, 0.3) is 0 Å². The van der Waals surface area contributed by atoms with Gasteiger partial charge in [0.15, 0.2) is 30.4 Å². The smallest absolute Gasteiger partial charge is 0.462 e. The van der Waals surface area contributed by atoms with Gasteiger partial charge in [0, 0.05) is 22.5 Å². The average molecular weight is 656 g/mol. The van der Waals surface area contributed by atoms with Gasteiger partial charge >= 0.3 is 25.8 Å². The quantitative estimate of drug-likeness (QED) is 0.136. The molecule has 15 nitrogen and oxygen atoms in total. The molecule has 0 amide bonds. The molecule has 6 atom stereocenters. The Balaban J connectivity index is 1.81. The van der Waals surface area contributed by atoms with Crippen LogP contribution in [-0.2, 0) is 39.9 Å². The van der Waals surface area contributed by atoms with E-state index in [0.717, 1.165) is 28.6 Å². The normalized spacial score (nSPS) is 22.2. The van der Waals surface area contributed by atoms with E-state index < -0.39 is 81.0 Å². The van der Waals surface area contributed by atoms with Crippen molar-refractivity contribution in [3.05, 3.63) is 63.4 Å². The first-order valence-electron chi connectivity index (χ1n) is 13.9. The Morgan fingerprint density at radius 2 is 1.84 bits per heavy atom. The lowest BCUT2D eigenvalue weighted by Gasteiger charge is -2.25. The van der Waals surface area contributed by atoms with Crippen LogP contribution in [0.5, 0.6) is 5.75 Å². The fraction of sp³-hybridized carbons (Fsp3) is 0.536. The Labute approximate surface area is 259 Å². The highest BCUT2D eigenvalue weighted by molar-refractivity contribution is 7.36. The number of aromatic nitrogens is 2. The van der Waals surface area contributed by atoms with Crippen molar-refractivity contribution >= 4 is 25.8 Å². The van der Waals surface area contributed by atoms with Gasteiger partial charge in [0.2, 0.25) is 0 Å². The van der Waals surface area contributed by atoms with Gasteiger partial charge in [-0.05, 0) is 53.7 Å². The van der Waals surface area contributed by atoms with Crippen LogP contribution in [0.15, 0.2) is 57.2 Å². The van der Waals surface area contributed by atoms with E-state index in [2.05, 4.69) is 4.99 Å². The van der Waals surface area contributed by atoms with Crippen molar-refractivity contribution in [1.82, 2.24) is 14.0 Å². The van der Waals surface area contributed by atoms with E-state index in [1.165, 1.54) is 19.1 Å². The topological polar surface area (TPSA) is 177 Å². The predicted molar refractivity (Wildman–Crippen MR) is 157 cm³/mol. The number of rotatable bonds is 14. The van der Waals surface area contributed by atoms with Crippen LogP contribution in [-0.4, -0.2) is 79.9 Å². The highest BCUT2D eigenvalue weighted by Crippen LogP contribution is 2.41. The third-order valence-corrected chi connectivity index (χ3v) is 7.58. The SMILES string of the molecule is CC(C)=NCC(=O)OCn1c(=O)ccn([C@@H]2O[C@H](CON([C@@H](C)C(=O)OC(C)C)[P+](=O)Oc3ccccc3)[C@@H](O)[C@@]2(C)F)c1=O. The number of carbonyl (C=O) groups excluding carboxylic acids is 2. The van der Waals surface area contributed by atoms with Gasteiger partial charge in [-0.3, -0.25) is 24.0 Å². The summed E-state index contributed by atoms with van der Waals surface area (Å²) in [6.45, 7) is 7.19. The summed E-state index contributed by atoms with van der Waals surface area (Å²) < 4.78 is 51.7. The average Bonchev–Trinajstić information content (AvgIpc) is 3.19. The molecular formula is C28H37FN4O11P+. The van der Waals surface area contributed by atoms with Crippen molar-refractivity contribution < 1.29 is 47.2 Å². The number of aliphatic imine (C=N–C) groups is 1. The largest absolute Gasteiger partial charge is 0.693 e. The summed E-state index contributed by atoms with van der Waals surface area (Å²) in [6, 6.07) is 7.73. The number of halogens is 1. The molecule has 1 unspecified atom stereocenters. The van der Waals surface area contributed by atoms with Crippen molar-refractivity contribution in [3.8, 4) is 5.75 Å². The second-order valence-electron chi connectivity index (χ2n) is 10.7. The third-order valence-electron chi connectivity index (χ3n) is 6.43. The van der Waals surface area contributed by atoms with Crippen molar-refractivity contribution in [2.45, 2.75) is 84.5 Å². The van der Waals surface area contributed by atoms with Crippen molar-refractivity contribution in [1.29, 1.82) is 0 Å². The van der Waals surface area contributed by atoms with Crippen molar-refractivity contribution in [2.75, 3.05) is 13.2 Å². The Morgan fingerprint density at radius 1 is 1.18 bits per heavy atom. The van der Waals surface area contributed by atoms with E-state index >= 15 is 4.39 Å². The van der Waals surface area contributed by atoms with Gasteiger partial charge < -0.3 is 19.3 Å². The molecule has 0 saturated carbocycles. The summed E-state index contributed by atoms with van der Waals surface area (Å²) in [6.07, 6.45) is -4.64. The molecule has 1 aromatic carbocycles. The lowest BCUT2D eigenvalue weighted by atomic mass is 9.98. The maximum atomic E-state index is 16.0. The number of hydroxylamine groups is 1. The molecule has 1 saturated heterocycles. The van der Waals surface area contributed by atoms with Gasteiger partial charge in [-0.2, -0.15) is 0 Å². The number of hydrogen-bond donors (Lipinski definition) is 1. The molecule has 0 bridgehead atoms. The number of aliphatic hydroxyl groups is 1. The van der Waals surface area contributed by atoms with E-state index in [9.17, 15) is 28.8 Å². The van der Waals surface area contributed by atoms with Crippen LogP contribution in [0.1, 0.15) is 47.8 Å². The molecule has 246 valence electrons. The number of hydrogen-bond acceptors (Lipinski definition) is 12. The molecule has 17 heteroatoms. The van der Waals surface area contributed by atoms with Gasteiger partial charge in [-0.1, -0.05) is 18.2 Å². The second-order valence-corrected chi connectivity index (χ2v) is 11.8. The number of para-hydroxylation sites is 1. The molecule has 1 aromatic heterocycles. The van der Waals surface area contributed by atoms with E-state index in [1.807, 2.05) is 0 Å². The van der Waals surface area contributed by atoms with Gasteiger partial charge in [-0.15, -0.1) is 0 Å². The Kier molecular flexibility index (Phi) is 12.2. The minimum Gasteiger partial charge on any atom is -0.462 e. The zero-order valence-corrected chi connectivity index (χ0v) is 26.6. The Morgan fingerprint density at radius 3 is 2.47 bits per heavy atom. The number of carbonyl (C=O) groups is 2. The number of ether oxygens (including phenoxy) is 3. The van der Waals surface area contributed by atoms with Crippen LogP contribution < -0.4 is 15.8 Å². The fourth-order valence-corrected chi connectivity index (χ4v) is 4.99. The molecule has 0 radical (unpaired) electrons. The van der Waals surface area contributed by atoms with Crippen LogP contribution in [0.3, 0.4) is 0 Å². The van der Waals surface area contributed by atoms with E-state index in [4.69, 9.17) is 23.6 Å². The zero-order chi connectivity index (χ0) is 33.5. The lowest BCUT2D eigenvalue weighted by Crippen LogP contribution is -2.47. The summed E-state index contributed by atoms with van der Waals surface area (Å²) in [5.41, 5.74) is -3.91. The monoisotopic (exact) mass is 655 g/mol. The van der Waals surface area contributed by atoms with Crippen LogP contribution in [0.2, 0.25) is 0 Å². The van der Waals surface area contributed by atoms with Gasteiger partial charge in [-0.25, -0.2) is 23.1 Å². The molecule has 2 aromatic rings. The minimum absolute atomic E-state index is 0.207. The van der Waals surface area contributed by atoms with Crippen LogP contribution >= 0.6 is 8.18 Å². The second kappa shape index (κ2) is 15.5. The molecule has 1 aliphatic heterocycles. The van der Waals surface area contributed by atoms with E-state index in [1.54, 1.807) is 45.9 Å². The van der Waals surface area contributed by atoms with Gasteiger partial charge in [0.05, 0.1) is 10.9 Å². The molecule has 3 rings (SSSR count). The van der Waals surface area contributed by atoms with Gasteiger partial charge in [0.25, 0.3) is 5.56 Å². The molecule has 0 aliphatic carbocycles. The fourth-order valence-electron chi connectivity index (χ4n) is 4.07. The van der Waals surface area contributed by atoms with Crippen molar-refractivity contribution in [2.24, 2.45) is 4.99 Å². The third kappa shape index (κ3) is 9.11. The number of aliphatic hydroxyl groups excluding tert-OH is 1. The number of alkyl halides is 1. The first kappa shape index (κ1) is 35.7. The summed E-state index contributed by atoms with van der Waals surface area (Å²) in [7, 11) is -2.87. The molecular weight excluding hydrogens is 618 g/mol. The van der Waals surface area contributed by atoms with Crippen molar-refractivity contribution in [3.63, 3.8) is 0 Å². The summed E-state index contributed by atoms with van der Waals surface area (Å²) in [5, 5.41) is 10.8. The van der Waals surface area contributed by atoms with Gasteiger partial charge in [0.1, 0.15) is 25.4 Å². The highest BCUT2D eigenvalue weighted by Gasteiger charge is 2.56. The Bertz CT molecular complexity index is 1510. The summed E-state index contributed by atoms with van der Waals surface area (Å²) in [4.78, 5) is 60.4. The number of esters is 2. The summed E-state index contributed by atoms with van der Waals surface area (Å²) in [5.74, 6) is -1.39. The molecule has 45 heavy (non-hydrogen) atoms. The van der Waals surface area contributed by atoms with Crippen LogP contribution in [0, 0.1) is 0 Å². The predicted octanol–water partition coefficient (Wildman–Crippen LogP) is 2.29. The highest BCUT2D eigenvalue weighted by atomic mass is 31.1. The summed E-state index contributed by atoms with van der Waals surface area (Å²) >= 11 is 0. The molecule has 1 N–H and O–H groups in total. The van der Waals surface area contributed by atoms with E-state index in [-0.39, 0.29) is 12.3 Å².